The SMILES string of the molecule is C=CNCC(N)=O. The number of rotatable bonds is 3. The van der Waals surface area contributed by atoms with Crippen LogP contribution < -0.4 is 11.1 Å². The summed E-state index contributed by atoms with van der Waals surface area (Å²) < 4.78 is 0. The summed E-state index contributed by atoms with van der Waals surface area (Å²) in [7, 11) is 0. The molecular formula is C4H8N2O. The number of nitrogens with one attached hydrogen (secondary N) is 1. The third-order valence-electron chi connectivity index (χ3n) is 0.421. The molecule has 1 amide bonds. The zero-order valence-corrected chi connectivity index (χ0v) is 3.98. The van der Waals surface area contributed by atoms with E-state index >= 15 is 0 Å². The quantitative estimate of drug-likeness (QED) is 0.488. The molecule has 0 unspecified atom stereocenters. The molecule has 0 aliphatic rings. The van der Waals surface area contributed by atoms with E-state index in [2.05, 4.69) is 11.9 Å². The van der Waals surface area contributed by atoms with Crippen molar-refractivity contribution in [3.8, 4) is 0 Å². The van der Waals surface area contributed by atoms with Gasteiger partial charge in [0.1, 0.15) is 0 Å². The fourth-order valence-corrected chi connectivity index (χ4v) is 0.173. The monoisotopic (exact) mass is 100 g/mol. The van der Waals surface area contributed by atoms with Crippen molar-refractivity contribution < 1.29 is 4.79 Å². The summed E-state index contributed by atoms with van der Waals surface area (Å²) in [5.74, 6) is -0.375. The van der Waals surface area contributed by atoms with Crippen LogP contribution in [0.2, 0.25) is 0 Å². The van der Waals surface area contributed by atoms with Crippen molar-refractivity contribution in [1.29, 1.82) is 0 Å². The molecule has 3 N–H and O–H groups in total. The Balaban J connectivity index is 2.97. The third-order valence-corrected chi connectivity index (χ3v) is 0.421. The summed E-state index contributed by atoms with van der Waals surface area (Å²) in [5.41, 5.74) is 4.73. The van der Waals surface area contributed by atoms with E-state index in [0.29, 0.717) is 0 Å². The molecule has 0 atom stereocenters. The molecule has 0 saturated carbocycles. The molecule has 3 nitrogen and oxygen atoms in total. The summed E-state index contributed by atoms with van der Waals surface area (Å²) in [6.07, 6.45) is 1.42. The molecule has 3 heteroatoms. The van der Waals surface area contributed by atoms with Crippen molar-refractivity contribution in [3.63, 3.8) is 0 Å². The van der Waals surface area contributed by atoms with E-state index in [1.165, 1.54) is 6.20 Å². The van der Waals surface area contributed by atoms with Crippen LogP contribution in [0.3, 0.4) is 0 Å². The van der Waals surface area contributed by atoms with E-state index in [1.807, 2.05) is 0 Å². The molecule has 0 aromatic carbocycles. The Kier molecular flexibility index (Phi) is 2.76. The molecule has 7 heavy (non-hydrogen) atoms. The average molecular weight is 100 g/mol. The van der Waals surface area contributed by atoms with Crippen LogP contribution >= 0.6 is 0 Å². The van der Waals surface area contributed by atoms with Crippen molar-refractivity contribution in [3.05, 3.63) is 12.8 Å². The fraction of sp³-hybridized carbons (Fsp3) is 0.250. The highest BCUT2D eigenvalue weighted by molar-refractivity contribution is 5.75. The Labute approximate surface area is 42.2 Å². The lowest BCUT2D eigenvalue weighted by atomic mass is 10.6. The number of hydrogen-bond donors (Lipinski definition) is 2. The van der Waals surface area contributed by atoms with E-state index in [0.717, 1.165) is 0 Å². The Bertz CT molecular complexity index is 79.8. The lowest BCUT2D eigenvalue weighted by Crippen LogP contribution is -2.24. The van der Waals surface area contributed by atoms with E-state index in [-0.39, 0.29) is 12.5 Å². The zero-order valence-electron chi connectivity index (χ0n) is 3.98. The number of carbonyl (C=O) groups is 1. The maximum Gasteiger partial charge on any atom is 0.236 e. The van der Waals surface area contributed by atoms with Crippen molar-refractivity contribution in [2.24, 2.45) is 5.73 Å². The minimum absolute atomic E-state index is 0.170. The van der Waals surface area contributed by atoms with Gasteiger partial charge < -0.3 is 11.1 Å². The van der Waals surface area contributed by atoms with Crippen LogP contribution in [0.4, 0.5) is 0 Å². The molecule has 0 aliphatic carbocycles. The van der Waals surface area contributed by atoms with Gasteiger partial charge in [0, 0.05) is 0 Å². The van der Waals surface area contributed by atoms with Crippen molar-refractivity contribution in [1.82, 2.24) is 5.32 Å². The van der Waals surface area contributed by atoms with Gasteiger partial charge in [-0.2, -0.15) is 0 Å². The van der Waals surface area contributed by atoms with Gasteiger partial charge in [-0.15, -0.1) is 0 Å². The van der Waals surface area contributed by atoms with E-state index < -0.39 is 0 Å². The number of nitrogens with two attached hydrogens (primary N) is 1. The second-order valence-electron chi connectivity index (χ2n) is 1.05. The topological polar surface area (TPSA) is 55.1 Å². The molecule has 0 radical (unpaired) electrons. The van der Waals surface area contributed by atoms with E-state index in [9.17, 15) is 4.79 Å². The second-order valence-corrected chi connectivity index (χ2v) is 1.05. The first kappa shape index (κ1) is 6.01. The van der Waals surface area contributed by atoms with Crippen molar-refractivity contribution in [2.75, 3.05) is 6.54 Å². The first-order valence-corrected chi connectivity index (χ1v) is 1.90. The molecule has 40 valence electrons. The summed E-state index contributed by atoms with van der Waals surface area (Å²) in [6.45, 7) is 3.48. The molecule has 0 fully saturated rings. The van der Waals surface area contributed by atoms with Crippen LogP contribution in [0, 0.1) is 0 Å². The normalized spacial score (nSPS) is 7.43. The smallest absolute Gasteiger partial charge is 0.236 e. The predicted octanol–water partition coefficient (Wildman–Crippen LogP) is -0.795. The Morgan fingerprint density at radius 3 is 2.71 bits per heavy atom. The maximum atomic E-state index is 9.87. The molecule has 0 bridgehead atoms. The highest BCUT2D eigenvalue weighted by Crippen LogP contribution is 1.52. The predicted molar refractivity (Wildman–Crippen MR) is 27.4 cm³/mol. The average Bonchev–Trinajstić information content (AvgIpc) is 1.61. The highest BCUT2D eigenvalue weighted by atomic mass is 16.1. The Morgan fingerprint density at radius 2 is 2.57 bits per heavy atom. The van der Waals surface area contributed by atoms with Crippen LogP contribution in [0.25, 0.3) is 0 Å². The lowest BCUT2D eigenvalue weighted by Gasteiger charge is -1.89. The summed E-state index contributed by atoms with van der Waals surface area (Å²) >= 11 is 0. The van der Waals surface area contributed by atoms with Crippen molar-refractivity contribution in [2.45, 2.75) is 0 Å². The molecule has 0 spiro atoms. The minimum Gasteiger partial charge on any atom is -0.383 e. The van der Waals surface area contributed by atoms with Gasteiger partial charge in [0.15, 0.2) is 0 Å². The largest absolute Gasteiger partial charge is 0.383 e. The zero-order chi connectivity index (χ0) is 5.70. The molecule has 0 rings (SSSR count). The molecule has 0 saturated heterocycles. The van der Waals surface area contributed by atoms with Gasteiger partial charge in [-0.3, -0.25) is 4.79 Å². The van der Waals surface area contributed by atoms with Crippen molar-refractivity contribution >= 4 is 5.91 Å². The molecule has 0 heterocycles. The number of hydrogen-bond acceptors (Lipinski definition) is 2. The third kappa shape index (κ3) is 5.01. The fourth-order valence-electron chi connectivity index (χ4n) is 0.173. The number of amides is 1. The molecule has 0 aromatic rings. The highest BCUT2D eigenvalue weighted by Gasteiger charge is 1.83. The molecule has 0 aromatic heterocycles. The summed E-state index contributed by atoms with van der Waals surface area (Å²) in [4.78, 5) is 9.87. The first-order valence-electron chi connectivity index (χ1n) is 1.90. The van der Waals surface area contributed by atoms with E-state index in [1.54, 1.807) is 0 Å². The van der Waals surface area contributed by atoms with Crippen LogP contribution in [0.1, 0.15) is 0 Å². The van der Waals surface area contributed by atoms with E-state index in [4.69, 9.17) is 5.73 Å². The van der Waals surface area contributed by atoms with Gasteiger partial charge in [0.25, 0.3) is 0 Å². The number of carbonyl (C=O) groups excluding carboxylic acids is 1. The summed E-state index contributed by atoms with van der Waals surface area (Å²) in [5, 5.41) is 2.54. The van der Waals surface area contributed by atoms with Gasteiger partial charge in [0.2, 0.25) is 5.91 Å². The maximum absolute atomic E-state index is 9.87. The summed E-state index contributed by atoms with van der Waals surface area (Å²) in [6, 6.07) is 0. The Hall–Kier alpha value is -0.990. The molecular weight excluding hydrogens is 92.1 g/mol. The van der Waals surface area contributed by atoms with Gasteiger partial charge >= 0.3 is 0 Å². The minimum atomic E-state index is -0.375. The van der Waals surface area contributed by atoms with Gasteiger partial charge in [-0.1, -0.05) is 6.58 Å². The second kappa shape index (κ2) is 3.21. The van der Waals surface area contributed by atoms with Crippen LogP contribution in [-0.2, 0) is 4.79 Å². The van der Waals surface area contributed by atoms with Crippen LogP contribution in [0.5, 0.6) is 0 Å². The van der Waals surface area contributed by atoms with Crippen LogP contribution in [-0.4, -0.2) is 12.5 Å². The van der Waals surface area contributed by atoms with Gasteiger partial charge in [0.05, 0.1) is 6.54 Å². The molecule has 0 aliphatic heterocycles. The van der Waals surface area contributed by atoms with Crippen LogP contribution in [0.15, 0.2) is 12.8 Å². The first-order chi connectivity index (χ1) is 3.27. The number of primary amides is 1. The standard InChI is InChI=1S/C4H8N2O/c1-2-6-3-4(5)7/h2,6H,1,3H2,(H2,5,7). The van der Waals surface area contributed by atoms with Gasteiger partial charge in [-0.05, 0) is 6.20 Å². The Morgan fingerprint density at radius 1 is 2.00 bits per heavy atom. The van der Waals surface area contributed by atoms with Gasteiger partial charge in [-0.25, -0.2) is 0 Å². The lowest BCUT2D eigenvalue weighted by molar-refractivity contribution is -0.117.